The van der Waals surface area contributed by atoms with E-state index in [2.05, 4.69) is 55.9 Å². The fraction of sp³-hybridized carbons (Fsp3) is 0.273. The van der Waals surface area contributed by atoms with Crippen LogP contribution in [-0.2, 0) is 5.60 Å². The molecule has 132 valence electrons. The molecule has 2 heterocycles. The van der Waals surface area contributed by atoms with Crippen molar-refractivity contribution in [2.24, 2.45) is 0 Å². The lowest BCUT2D eigenvalue weighted by Gasteiger charge is -2.36. The first-order chi connectivity index (χ1) is 12.4. The summed E-state index contributed by atoms with van der Waals surface area (Å²) >= 11 is 0. The van der Waals surface area contributed by atoms with Crippen LogP contribution >= 0.6 is 0 Å². The standard InChI is InChI=1S/C22H22N2O2/c1-13(2)14-5-6-16-17(9-14)22(3,4)26-20-11-15(10-19(25)21(16)20)18-7-8-23-12-24-18/h5-13,25H,1-4H3. The van der Waals surface area contributed by atoms with Crippen molar-refractivity contribution in [1.82, 2.24) is 9.97 Å². The predicted molar refractivity (Wildman–Crippen MR) is 102 cm³/mol. The number of ether oxygens (including phenoxy) is 1. The van der Waals surface area contributed by atoms with Gasteiger partial charge in [-0.15, -0.1) is 0 Å². The molecule has 0 amide bonds. The van der Waals surface area contributed by atoms with Gasteiger partial charge in [-0.2, -0.15) is 0 Å². The van der Waals surface area contributed by atoms with Crippen molar-refractivity contribution in [3.8, 4) is 33.9 Å². The molecule has 4 nitrogen and oxygen atoms in total. The summed E-state index contributed by atoms with van der Waals surface area (Å²) in [5.74, 6) is 1.31. The second kappa shape index (κ2) is 5.84. The molecule has 0 unspecified atom stereocenters. The van der Waals surface area contributed by atoms with Crippen molar-refractivity contribution in [2.75, 3.05) is 0 Å². The zero-order chi connectivity index (χ0) is 18.5. The third kappa shape index (κ3) is 2.62. The molecule has 0 fully saturated rings. The van der Waals surface area contributed by atoms with Gasteiger partial charge in [0.05, 0.1) is 11.3 Å². The molecule has 1 N–H and O–H groups in total. The number of rotatable bonds is 2. The van der Waals surface area contributed by atoms with Crippen molar-refractivity contribution in [3.05, 3.63) is 60.0 Å². The number of hydrogen-bond acceptors (Lipinski definition) is 4. The zero-order valence-corrected chi connectivity index (χ0v) is 15.4. The van der Waals surface area contributed by atoms with Crippen LogP contribution in [-0.4, -0.2) is 15.1 Å². The number of phenols is 1. The summed E-state index contributed by atoms with van der Waals surface area (Å²) < 4.78 is 6.32. The van der Waals surface area contributed by atoms with E-state index in [9.17, 15) is 5.11 Å². The first-order valence-electron chi connectivity index (χ1n) is 8.84. The van der Waals surface area contributed by atoms with Crippen LogP contribution in [0.25, 0.3) is 22.4 Å². The Morgan fingerprint density at radius 2 is 1.88 bits per heavy atom. The maximum absolute atomic E-state index is 10.8. The smallest absolute Gasteiger partial charge is 0.132 e. The molecular formula is C22H22N2O2. The molecule has 0 saturated heterocycles. The molecule has 2 aromatic carbocycles. The molecule has 26 heavy (non-hydrogen) atoms. The number of fused-ring (bicyclic) bond motifs is 3. The van der Waals surface area contributed by atoms with Crippen LogP contribution in [0, 0.1) is 0 Å². The van der Waals surface area contributed by atoms with Gasteiger partial charge < -0.3 is 9.84 Å². The molecule has 0 aliphatic carbocycles. The van der Waals surface area contributed by atoms with Gasteiger partial charge in [0.25, 0.3) is 0 Å². The summed E-state index contributed by atoms with van der Waals surface area (Å²) in [7, 11) is 0. The van der Waals surface area contributed by atoms with Crippen molar-refractivity contribution < 1.29 is 9.84 Å². The minimum atomic E-state index is -0.482. The number of aromatic hydroxyl groups is 1. The van der Waals surface area contributed by atoms with Gasteiger partial charge in [0.2, 0.25) is 0 Å². The van der Waals surface area contributed by atoms with E-state index in [1.54, 1.807) is 12.3 Å². The lowest BCUT2D eigenvalue weighted by atomic mass is 9.83. The van der Waals surface area contributed by atoms with Crippen LogP contribution in [0.3, 0.4) is 0 Å². The van der Waals surface area contributed by atoms with Crippen LogP contribution in [0.15, 0.2) is 48.9 Å². The summed E-state index contributed by atoms with van der Waals surface area (Å²) in [5.41, 5.74) is 5.20. The van der Waals surface area contributed by atoms with Gasteiger partial charge in [-0.05, 0) is 49.1 Å². The number of nitrogens with zero attached hydrogens (tertiary/aromatic N) is 2. The number of benzene rings is 2. The number of hydrogen-bond donors (Lipinski definition) is 1. The topological polar surface area (TPSA) is 55.2 Å². The highest BCUT2D eigenvalue weighted by Crippen LogP contribution is 2.50. The van der Waals surface area contributed by atoms with Gasteiger partial charge in [-0.25, -0.2) is 9.97 Å². The predicted octanol–water partition coefficient (Wildman–Crippen LogP) is 5.27. The van der Waals surface area contributed by atoms with E-state index in [1.807, 2.05) is 12.1 Å². The average Bonchev–Trinajstić information content (AvgIpc) is 2.61. The van der Waals surface area contributed by atoms with Crippen LogP contribution in [0.2, 0.25) is 0 Å². The highest BCUT2D eigenvalue weighted by molar-refractivity contribution is 5.85. The van der Waals surface area contributed by atoms with Crippen molar-refractivity contribution >= 4 is 0 Å². The molecule has 3 aromatic rings. The minimum Gasteiger partial charge on any atom is -0.507 e. The molecule has 0 saturated carbocycles. The van der Waals surface area contributed by atoms with Gasteiger partial charge in [0.15, 0.2) is 0 Å². The van der Waals surface area contributed by atoms with Crippen LogP contribution in [0.4, 0.5) is 0 Å². The Hall–Kier alpha value is -2.88. The Labute approximate surface area is 153 Å². The second-order valence-electron chi connectivity index (χ2n) is 7.54. The van der Waals surface area contributed by atoms with E-state index < -0.39 is 5.60 Å². The summed E-state index contributed by atoms with van der Waals surface area (Å²) in [4.78, 5) is 8.22. The number of aromatic nitrogens is 2. The molecule has 4 rings (SSSR count). The molecule has 0 atom stereocenters. The van der Waals surface area contributed by atoms with E-state index in [4.69, 9.17) is 4.74 Å². The normalized spacial score (nSPS) is 14.5. The van der Waals surface area contributed by atoms with Crippen LogP contribution < -0.4 is 4.74 Å². The maximum atomic E-state index is 10.8. The van der Waals surface area contributed by atoms with E-state index in [1.165, 1.54) is 11.9 Å². The molecule has 1 aliphatic heterocycles. The molecule has 1 aromatic heterocycles. The third-order valence-electron chi connectivity index (χ3n) is 4.95. The van der Waals surface area contributed by atoms with Crippen molar-refractivity contribution in [1.29, 1.82) is 0 Å². The SMILES string of the molecule is CC(C)c1ccc2c(c1)C(C)(C)Oc1cc(-c3ccncn3)cc(O)c1-2. The Morgan fingerprint density at radius 1 is 1.08 bits per heavy atom. The summed E-state index contributed by atoms with van der Waals surface area (Å²) in [6, 6.07) is 11.9. The average molecular weight is 346 g/mol. The summed E-state index contributed by atoms with van der Waals surface area (Å²) in [5, 5.41) is 10.8. The highest BCUT2D eigenvalue weighted by Gasteiger charge is 2.34. The number of phenolic OH excluding ortho intramolecular Hbond substituents is 1. The van der Waals surface area contributed by atoms with Gasteiger partial charge >= 0.3 is 0 Å². The Bertz CT molecular complexity index is 979. The largest absolute Gasteiger partial charge is 0.507 e. The summed E-state index contributed by atoms with van der Waals surface area (Å²) in [6.45, 7) is 8.48. The lowest BCUT2D eigenvalue weighted by molar-refractivity contribution is 0.105. The Balaban J connectivity index is 1.93. The van der Waals surface area contributed by atoms with Crippen molar-refractivity contribution in [2.45, 2.75) is 39.2 Å². The van der Waals surface area contributed by atoms with Crippen LogP contribution in [0.1, 0.15) is 44.7 Å². The summed E-state index contributed by atoms with van der Waals surface area (Å²) in [6.07, 6.45) is 3.19. The maximum Gasteiger partial charge on any atom is 0.132 e. The van der Waals surface area contributed by atoms with Gasteiger partial charge in [-0.3, -0.25) is 0 Å². The first-order valence-corrected chi connectivity index (χ1v) is 8.84. The Kier molecular flexibility index (Phi) is 3.72. The van der Waals surface area contributed by atoms with E-state index >= 15 is 0 Å². The molecule has 0 spiro atoms. The molecule has 0 bridgehead atoms. The third-order valence-corrected chi connectivity index (χ3v) is 4.95. The monoisotopic (exact) mass is 346 g/mol. The highest BCUT2D eigenvalue weighted by atomic mass is 16.5. The first kappa shape index (κ1) is 16.6. The minimum absolute atomic E-state index is 0.199. The van der Waals surface area contributed by atoms with E-state index in [0.717, 1.165) is 27.9 Å². The Morgan fingerprint density at radius 3 is 2.58 bits per heavy atom. The quantitative estimate of drug-likeness (QED) is 0.687. The van der Waals surface area contributed by atoms with E-state index in [0.29, 0.717) is 11.7 Å². The lowest BCUT2D eigenvalue weighted by Crippen LogP contribution is -2.29. The molecule has 4 heteroatoms. The van der Waals surface area contributed by atoms with Crippen LogP contribution in [0.5, 0.6) is 11.5 Å². The second-order valence-corrected chi connectivity index (χ2v) is 7.54. The van der Waals surface area contributed by atoms with Gasteiger partial charge in [0.1, 0.15) is 23.4 Å². The van der Waals surface area contributed by atoms with Gasteiger partial charge in [-0.1, -0.05) is 32.0 Å². The van der Waals surface area contributed by atoms with E-state index in [-0.39, 0.29) is 5.75 Å². The van der Waals surface area contributed by atoms with Crippen molar-refractivity contribution in [3.63, 3.8) is 0 Å². The molecular weight excluding hydrogens is 324 g/mol. The molecule has 1 aliphatic rings. The fourth-order valence-electron chi connectivity index (χ4n) is 3.53. The fourth-order valence-corrected chi connectivity index (χ4v) is 3.53. The zero-order valence-electron chi connectivity index (χ0n) is 15.4. The van der Waals surface area contributed by atoms with Gasteiger partial charge in [0, 0.05) is 17.3 Å². The molecule has 0 radical (unpaired) electrons.